The molecular formula is C12H19N3O2. The lowest BCUT2D eigenvalue weighted by atomic mass is 9.99. The highest BCUT2D eigenvalue weighted by atomic mass is 16.4. The lowest BCUT2D eigenvalue weighted by molar-refractivity contribution is -0.149. The van der Waals surface area contributed by atoms with Crippen molar-refractivity contribution in [2.45, 2.75) is 38.8 Å². The van der Waals surface area contributed by atoms with E-state index in [1.54, 1.807) is 0 Å². The summed E-state index contributed by atoms with van der Waals surface area (Å²) in [5, 5.41) is 13.6. The molecule has 2 rings (SSSR count). The van der Waals surface area contributed by atoms with Crippen LogP contribution < -0.4 is 0 Å². The van der Waals surface area contributed by atoms with Crippen molar-refractivity contribution in [2.24, 2.45) is 7.05 Å². The molecule has 17 heavy (non-hydrogen) atoms. The molecule has 0 radical (unpaired) electrons. The molecular weight excluding hydrogens is 218 g/mol. The van der Waals surface area contributed by atoms with Gasteiger partial charge in [0.2, 0.25) is 0 Å². The van der Waals surface area contributed by atoms with Gasteiger partial charge in [-0.1, -0.05) is 0 Å². The maximum atomic E-state index is 11.3. The fourth-order valence-electron chi connectivity index (χ4n) is 2.52. The van der Waals surface area contributed by atoms with E-state index in [9.17, 15) is 9.90 Å². The first kappa shape index (κ1) is 12.1. The van der Waals surface area contributed by atoms with Crippen LogP contribution >= 0.6 is 0 Å². The van der Waals surface area contributed by atoms with E-state index < -0.39 is 11.5 Å². The number of likely N-dealkylation sites (tertiary alicyclic amines) is 1. The Bertz CT molecular complexity index is 441. The summed E-state index contributed by atoms with van der Waals surface area (Å²) in [4.78, 5) is 13.4. The largest absolute Gasteiger partial charge is 0.480 e. The molecule has 1 unspecified atom stereocenters. The highest BCUT2D eigenvalue weighted by Gasteiger charge is 2.43. The van der Waals surface area contributed by atoms with Gasteiger partial charge in [-0.15, -0.1) is 0 Å². The third kappa shape index (κ3) is 2.07. The molecule has 0 aliphatic carbocycles. The smallest absolute Gasteiger partial charge is 0.323 e. The van der Waals surface area contributed by atoms with Crippen molar-refractivity contribution >= 4 is 5.97 Å². The van der Waals surface area contributed by atoms with E-state index in [0.717, 1.165) is 30.8 Å². The number of carbonyl (C=O) groups is 1. The summed E-state index contributed by atoms with van der Waals surface area (Å²) in [6.07, 6.45) is 1.67. The Morgan fingerprint density at radius 2 is 2.35 bits per heavy atom. The molecule has 0 aromatic carbocycles. The molecule has 5 heteroatoms. The van der Waals surface area contributed by atoms with Gasteiger partial charge in [0.1, 0.15) is 5.54 Å². The number of carboxylic acid groups (broad SMARTS) is 1. The number of nitrogens with zero attached hydrogens (tertiary/aromatic N) is 3. The Hall–Kier alpha value is -1.36. The van der Waals surface area contributed by atoms with Crippen LogP contribution in [0.15, 0.2) is 6.07 Å². The van der Waals surface area contributed by atoms with Crippen molar-refractivity contribution in [1.82, 2.24) is 14.7 Å². The van der Waals surface area contributed by atoms with Crippen molar-refractivity contribution in [3.05, 3.63) is 17.5 Å². The predicted octanol–water partition coefficient (Wildman–Crippen LogP) is 1.17. The highest BCUT2D eigenvalue weighted by Crippen LogP contribution is 2.30. The average molecular weight is 237 g/mol. The average Bonchev–Trinajstić information content (AvgIpc) is 2.74. The lowest BCUT2D eigenvalue weighted by Gasteiger charge is -2.30. The van der Waals surface area contributed by atoms with Crippen LogP contribution in [0.1, 0.15) is 31.2 Å². The fourth-order valence-corrected chi connectivity index (χ4v) is 2.52. The highest BCUT2D eigenvalue weighted by molar-refractivity contribution is 5.78. The van der Waals surface area contributed by atoms with Crippen molar-refractivity contribution in [2.75, 3.05) is 6.54 Å². The zero-order valence-electron chi connectivity index (χ0n) is 10.6. The molecule has 0 bridgehead atoms. The normalized spacial score (nSPS) is 25.4. The summed E-state index contributed by atoms with van der Waals surface area (Å²) in [6, 6.07) is 2.01. The minimum absolute atomic E-state index is 0.653. The summed E-state index contributed by atoms with van der Waals surface area (Å²) in [6.45, 7) is 5.25. The zero-order chi connectivity index (χ0) is 12.6. The summed E-state index contributed by atoms with van der Waals surface area (Å²) in [7, 11) is 1.90. The van der Waals surface area contributed by atoms with Gasteiger partial charge < -0.3 is 5.11 Å². The Kier molecular flexibility index (Phi) is 2.95. The summed E-state index contributed by atoms with van der Waals surface area (Å²) in [5.41, 5.74) is 1.31. The second-order valence-corrected chi connectivity index (χ2v) is 5.00. The Morgan fingerprint density at radius 3 is 2.88 bits per heavy atom. The van der Waals surface area contributed by atoms with Gasteiger partial charge in [-0.25, -0.2) is 0 Å². The van der Waals surface area contributed by atoms with Gasteiger partial charge >= 0.3 is 5.97 Å². The lowest BCUT2D eigenvalue weighted by Crippen LogP contribution is -2.47. The summed E-state index contributed by atoms with van der Waals surface area (Å²) >= 11 is 0. The molecule has 1 aromatic rings. The minimum atomic E-state index is -0.728. The van der Waals surface area contributed by atoms with Gasteiger partial charge in [0.25, 0.3) is 0 Å². The molecule has 1 saturated heterocycles. The van der Waals surface area contributed by atoms with Crippen LogP contribution in [0.2, 0.25) is 0 Å². The van der Waals surface area contributed by atoms with Crippen molar-refractivity contribution in [3.8, 4) is 0 Å². The van der Waals surface area contributed by atoms with Crippen LogP contribution in [-0.2, 0) is 18.4 Å². The molecule has 1 aliphatic rings. The van der Waals surface area contributed by atoms with Gasteiger partial charge in [-0.05, 0) is 39.3 Å². The predicted molar refractivity (Wildman–Crippen MR) is 63.6 cm³/mol. The van der Waals surface area contributed by atoms with E-state index in [-0.39, 0.29) is 0 Å². The van der Waals surface area contributed by atoms with Gasteiger partial charge in [0, 0.05) is 13.6 Å². The standard InChI is InChI=1S/C12H19N3O2/c1-9-7-10(14(3)13-9)8-15-6-4-5-12(15,2)11(16)17/h7H,4-6,8H2,1-3H3,(H,16,17). The van der Waals surface area contributed by atoms with Crippen LogP contribution in [0.3, 0.4) is 0 Å². The quantitative estimate of drug-likeness (QED) is 0.857. The third-order valence-electron chi connectivity index (χ3n) is 3.70. The van der Waals surface area contributed by atoms with Crippen LogP contribution in [0.25, 0.3) is 0 Å². The zero-order valence-corrected chi connectivity index (χ0v) is 10.6. The second kappa shape index (κ2) is 4.14. The molecule has 0 spiro atoms. The van der Waals surface area contributed by atoms with Gasteiger partial charge in [0.15, 0.2) is 0 Å². The second-order valence-electron chi connectivity index (χ2n) is 5.00. The van der Waals surface area contributed by atoms with E-state index in [4.69, 9.17) is 0 Å². The number of aryl methyl sites for hydroxylation is 2. The van der Waals surface area contributed by atoms with Crippen molar-refractivity contribution in [3.63, 3.8) is 0 Å². The monoisotopic (exact) mass is 237 g/mol. The molecule has 1 fully saturated rings. The number of aliphatic carboxylic acids is 1. The Labute approximate surface area is 101 Å². The Balaban J connectivity index is 2.19. The molecule has 1 aromatic heterocycles. The fraction of sp³-hybridized carbons (Fsp3) is 0.667. The van der Waals surface area contributed by atoms with E-state index in [1.165, 1.54) is 0 Å². The molecule has 5 nitrogen and oxygen atoms in total. The Morgan fingerprint density at radius 1 is 1.65 bits per heavy atom. The number of hydrogen-bond donors (Lipinski definition) is 1. The first-order valence-electron chi connectivity index (χ1n) is 5.91. The molecule has 2 heterocycles. The van der Waals surface area contributed by atoms with Crippen LogP contribution in [0.4, 0.5) is 0 Å². The topological polar surface area (TPSA) is 58.4 Å². The van der Waals surface area contributed by atoms with E-state index in [2.05, 4.69) is 5.10 Å². The molecule has 94 valence electrons. The third-order valence-corrected chi connectivity index (χ3v) is 3.70. The maximum Gasteiger partial charge on any atom is 0.323 e. The van der Waals surface area contributed by atoms with Gasteiger partial charge in [-0.3, -0.25) is 14.4 Å². The molecule has 0 amide bonds. The molecule has 0 saturated carbocycles. The van der Waals surface area contributed by atoms with Crippen LogP contribution in [0.5, 0.6) is 0 Å². The first-order chi connectivity index (χ1) is 7.93. The van der Waals surface area contributed by atoms with Crippen LogP contribution in [0, 0.1) is 6.92 Å². The van der Waals surface area contributed by atoms with E-state index in [0.29, 0.717) is 6.54 Å². The number of aromatic nitrogens is 2. The first-order valence-corrected chi connectivity index (χ1v) is 5.91. The van der Waals surface area contributed by atoms with Crippen molar-refractivity contribution < 1.29 is 9.90 Å². The van der Waals surface area contributed by atoms with Crippen LogP contribution in [-0.4, -0.2) is 37.8 Å². The molecule has 1 aliphatic heterocycles. The molecule has 1 atom stereocenters. The minimum Gasteiger partial charge on any atom is -0.480 e. The van der Waals surface area contributed by atoms with E-state index >= 15 is 0 Å². The number of hydrogen-bond acceptors (Lipinski definition) is 3. The summed E-state index contributed by atoms with van der Waals surface area (Å²) in [5.74, 6) is -0.728. The van der Waals surface area contributed by atoms with Crippen molar-refractivity contribution in [1.29, 1.82) is 0 Å². The molecule has 1 N–H and O–H groups in total. The SMILES string of the molecule is Cc1cc(CN2CCCC2(C)C(=O)O)n(C)n1. The number of rotatable bonds is 3. The maximum absolute atomic E-state index is 11.3. The number of carboxylic acids is 1. The van der Waals surface area contributed by atoms with Gasteiger partial charge in [-0.2, -0.15) is 5.10 Å². The van der Waals surface area contributed by atoms with Gasteiger partial charge in [0.05, 0.1) is 11.4 Å². The van der Waals surface area contributed by atoms with E-state index in [1.807, 2.05) is 36.5 Å². The summed E-state index contributed by atoms with van der Waals surface area (Å²) < 4.78 is 1.83.